The summed E-state index contributed by atoms with van der Waals surface area (Å²) in [4.78, 5) is 2.58. The van der Waals surface area contributed by atoms with Crippen LogP contribution in [0.25, 0.3) is 0 Å². The molecule has 0 unspecified atom stereocenters. The van der Waals surface area contributed by atoms with Gasteiger partial charge in [0.2, 0.25) is 0 Å². The number of nitrogens with zero attached hydrogens (tertiary/aromatic N) is 2. The minimum Gasteiger partial charge on any atom is -0.466 e. The highest BCUT2D eigenvalue weighted by Gasteiger charge is 2.22. The standard InChI is InChI=1S/C17H25N3O/c1-13(17-4-3-14(2)21-17)6-10-20-11-7-15(8-12-20)16-5-9-18-19-16/h3-5,9,13,15H,6-8,10-12H2,1-2H3,(H,18,19)/t13-/m0/s1. The number of nitrogens with one attached hydrogen (secondary N) is 1. The number of furan rings is 1. The van der Waals surface area contributed by atoms with Gasteiger partial charge < -0.3 is 9.32 Å². The summed E-state index contributed by atoms with van der Waals surface area (Å²) < 4.78 is 5.72. The molecular formula is C17H25N3O. The number of rotatable bonds is 5. The molecule has 0 radical (unpaired) electrons. The van der Waals surface area contributed by atoms with Crippen molar-refractivity contribution in [3.63, 3.8) is 0 Å². The first-order valence-corrected chi connectivity index (χ1v) is 8.00. The molecule has 1 aliphatic heterocycles. The maximum absolute atomic E-state index is 5.72. The van der Waals surface area contributed by atoms with Gasteiger partial charge in [-0.25, -0.2) is 0 Å². The number of hydrogen-bond donors (Lipinski definition) is 1. The van der Waals surface area contributed by atoms with E-state index >= 15 is 0 Å². The fraction of sp³-hybridized carbons (Fsp3) is 0.588. The summed E-state index contributed by atoms with van der Waals surface area (Å²) in [6.45, 7) is 7.81. The smallest absolute Gasteiger partial charge is 0.107 e. The fourth-order valence-electron chi connectivity index (χ4n) is 3.20. The van der Waals surface area contributed by atoms with Crippen LogP contribution >= 0.6 is 0 Å². The lowest BCUT2D eigenvalue weighted by atomic mass is 9.93. The maximum Gasteiger partial charge on any atom is 0.107 e. The second-order valence-electron chi connectivity index (χ2n) is 6.27. The molecule has 1 N–H and O–H groups in total. The van der Waals surface area contributed by atoms with E-state index in [9.17, 15) is 0 Å². The first-order chi connectivity index (χ1) is 10.2. The molecule has 0 bridgehead atoms. The zero-order valence-electron chi connectivity index (χ0n) is 13.0. The molecule has 0 aromatic carbocycles. The van der Waals surface area contributed by atoms with E-state index in [-0.39, 0.29) is 0 Å². The molecule has 0 aliphatic carbocycles. The monoisotopic (exact) mass is 287 g/mol. The highest BCUT2D eigenvalue weighted by Crippen LogP contribution is 2.27. The van der Waals surface area contributed by atoms with E-state index in [0.29, 0.717) is 11.8 Å². The van der Waals surface area contributed by atoms with E-state index in [2.05, 4.69) is 40.2 Å². The quantitative estimate of drug-likeness (QED) is 0.912. The van der Waals surface area contributed by atoms with Gasteiger partial charge in [0, 0.05) is 23.7 Å². The van der Waals surface area contributed by atoms with E-state index in [1.165, 1.54) is 38.0 Å². The van der Waals surface area contributed by atoms with Crippen molar-refractivity contribution < 1.29 is 4.42 Å². The largest absolute Gasteiger partial charge is 0.466 e. The summed E-state index contributed by atoms with van der Waals surface area (Å²) in [5, 5.41) is 7.18. The van der Waals surface area contributed by atoms with Gasteiger partial charge in [0.05, 0.1) is 0 Å². The van der Waals surface area contributed by atoms with Crippen molar-refractivity contribution in [3.05, 3.63) is 41.6 Å². The Morgan fingerprint density at radius 3 is 2.76 bits per heavy atom. The Balaban J connectivity index is 1.43. The van der Waals surface area contributed by atoms with Crippen molar-refractivity contribution in [1.29, 1.82) is 0 Å². The van der Waals surface area contributed by atoms with Crippen LogP contribution in [0.3, 0.4) is 0 Å². The molecule has 3 heterocycles. The van der Waals surface area contributed by atoms with Crippen molar-refractivity contribution in [1.82, 2.24) is 15.1 Å². The van der Waals surface area contributed by atoms with Gasteiger partial charge in [-0.05, 0) is 64.0 Å². The summed E-state index contributed by atoms with van der Waals surface area (Å²) in [6.07, 6.45) is 5.49. The highest BCUT2D eigenvalue weighted by molar-refractivity contribution is 5.10. The number of piperidine rings is 1. The van der Waals surface area contributed by atoms with Gasteiger partial charge >= 0.3 is 0 Å². The molecule has 114 valence electrons. The van der Waals surface area contributed by atoms with Gasteiger partial charge in [-0.15, -0.1) is 0 Å². The zero-order valence-corrected chi connectivity index (χ0v) is 13.0. The topological polar surface area (TPSA) is 45.1 Å². The predicted octanol–water partition coefficient (Wildman–Crippen LogP) is 3.68. The number of likely N-dealkylation sites (tertiary alicyclic amines) is 1. The summed E-state index contributed by atoms with van der Waals surface area (Å²) in [5.74, 6) is 3.30. The first kappa shape index (κ1) is 14.4. The van der Waals surface area contributed by atoms with Crippen LogP contribution in [-0.4, -0.2) is 34.7 Å². The molecule has 0 spiro atoms. The third kappa shape index (κ3) is 3.56. The Morgan fingerprint density at radius 2 is 2.14 bits per heavy atom. The normalized spacial score (nSPS) is 19.0. The van der Waals surface area contributed by atoms with Crippen LogP contribution in [0.2, 0.25) is 0 Å². The van der Waals surface area contributed by atoms with Gasteiger partial charge in [0.25, 0.3) is 0 Å². The minimum atomic E-state index is 0.504. The molecule has 1 aliphatic rings. The first-order valence-electron chi connectivity index (χ1n) is 8.00. The molecule has 1 atom stereocenters. The third-order valence-electron chi connectivity index (χ3n) is 4.67. The van der Waals surface area contributed by atoms with Gasteiger partial charge in [0.1, 0.15) is 11.5 Å². The van der Waals surface area contributed by atoms with Crippen LogP contribution in [-0.2, 0) is 0 Å². The van der Waals surface area contributed by atoms with Crippen molar-refractivity contribution in [2.24, 2.45) is 0 Å². The van der Waals surface area contributed by atoms with Gasteiger partial charge in [-0.2, -0.15) is 5.10 Å². The number of aryl methyl sites for hydroxylation is 1. The Hall–Kier alpha value is -1.55. The lowest BCUT2D eigenvalue weighted by molar-refractivity contribution is 0.203. The van der Waals surface area contributed by atoms with Crippen LogP contribution < -0.4 is 0 Å². The Kier molecular flexibility index (Phi) is 4.44. The van der Waals surface area contributed by atoms with Crippen molar-refractivity contribution >= 4 is 0 Å². The average molecular weight is 287 g/mol. The van der Waals surface area contributed by atoms with Crippen LogP contribution in [0.4, 0.5) is 0 Å². The fourth-order valence-corrected chi connectivity index (χ4v) is 3.20. The summed E-state index contributed by atoms with van der Waals surface area (Å²) >= 11 is 0. The highest BCUT2D eigenvalue weighted by atomic mass is 16.3. The van der Waals surface area contributed by atoms with E-state index in [1.807, 2.05) is 13.1 Å². The molecule has 2 aromatic heterocycles. The second kappa shape index (κ2) is 6.48. The van der Waals surface area contributed by atoms with E-state index in [1.54, 1.807) is 0 Å². The molecule has 3 rings (SSSR count). The molecule has 1 fully saturated rings. The molecule has 21 heavy (non-hydrogen) atoms. The average Bonchev–Trinajstić information content (AvgIpc) is 3.16. The van der Waals surface area contributed by atoms with Crippen molar-refractivity contribution in [2.75, 3.05) is 19.6 Å². The zero-order chi connectivity index (χ0) is 14.7. The van der Waals surface area contributed by atoms with Gasteiger partial charge in [-0.3, -0.25) is 5.10 Å². The maximum atomic E-state index is 5.72. The molecule has 0 saturated carbocycles. The van der Waals surface area contributed by atoms with Crippen LogP contribution in [0, 0.1) is 6.92 Å². The second-order valence-corrected chi connectivity index (χ2v) is 6.27. The van der Waals surface area contributed by atoms with E-state index in [4.69, 9.17) is 4.42 Å². The molecule has 4 nitrogen and oxygen atoms in total. The Morgan fingerprint density at radius 1 is 1.33 bits per heavy atom. The summed E-state index contributed by atoms with van der Waals surface area (Å²) in [7, 11) is 0. The molecular weight excluding hydrogens is 262 g/mol. The van der Waals surface area contributed by atoms with Crippen LogP contribution in [0.15, 0.2) is 28.8 Å². The number of hydrogen-bond acceptors (Lipinski definition) is 3. The summed E-state index contributed by atoms with van der Waals surface area (Å²) in [6, 6.07) is 6.29. The lowest BCUT2D eigenvalue weighted by Crippen LogP contribution is -2.34. The van der Waals surface area contributed by atoms with Crippen molar-refractivity contribution in [3.8, 4) is 0 Å². The number of aromatic nitrogens is 2. The molecule has 2 aromatic rings. The van der Waals surface area contributed by atoms with Crippen molar-refractivity contribution in [2.45, 2.75) is 44.9 Å². The Bertz CT molecular complexity index is 538. The molecule has 1 saturated heterocycles. The van der Waals surface area contributed by atoms with Gasteiger partial charge in [0.15, 0.2) is 0 Å². The van der Waals surface area contributed by atoms with Gasteiger partial charge in [-0.1, -0.05) is 6.92 Å². The van der Waals surface area contributed by atoms with Crippen LogP contribution in [0.1, 0.15) is 55.2 Å². The summed E-state index contributed by atoms with van der Waals surface area (Å²) in [5.41, 5.74) is 1.30. The predicted molar refractivity (Wildman–Crippen MR) is 83.5 cm³/mol. The minimum absolute atomic E-state index is 0.504. The van der Waals surface area contributed by atoms with E-state index in [0.717, 1.165) is 18.1 Å². The number of aromatic amines is 1. The number of H-pyrrole nitrogens is 1. The van der Waals surface area contributed by atoms with E-state index < -0.39 is 0 Å². The molecule has 0 amide bonds. The SMILES string of the molecule is Cc1ccc([C@@H](C)CCN2CCC(c3ccn[nH]3)CC2)o1. The third-order valence-corrected chi connectivity index (χ3v) is 4.67. The van der Waals surface area contributed by atoms with Crippen LogP contribution in [0.5, 0.6) is 0 Å². The Labute approximate surface area is 126 Å². The lowest BCUT2D eigenvalue weighted by Gasteiger charge is -2.31. The molecule has 4 heteroatoms.